The Morgan fingerprint density at radius 1 is 1.22 bits per heavy atom. The number of hydrogen-bond acceptors (Lipinski definition) is 2. The first-order valence-electron chi connectivity index (χ1n) is 5.27. The lowest BCUT2D eigenvalue weighted by Crippen LogP contribution is -1.99. The van der Waals surface area contributed by atoms with Gasteiger partial charge in [-0.3, -0.25) is 0 Å². The van der Waals surface area contributed by atoms with Gasteiger partial charge in [-0.2, -0.15) is 0 Å². The number of hydrogen-bond donors (Lipinski definition) is 1. The number of halogens is 3. The molecule has 0 unspecified atom stereocenters. The Labute approximate surface area is 107 Å². The molecule has 2 aromatic rings. The Kier molecular flexibility index (Phi) is 3.47. The van der Waals surface area contributed by atoms with Crippen LogP contribution in [0.2, 0.25) is 0 Å². The summed E-state index contributed by atoms with van der Waals surface area (Å²) in [5.74, 6) is -3.41. The Morgan fingerprint density at radius 2 is 1.94 bits per heavy atom. The molecule has 1 aromatic carbocycles. The van der Waals surface area contributed by atoms with Crippen LogP contribution in [0, 0.1) is 22.1 Å². The zero-order valence-corrected chi connectivity index (χ0v) is 10.2. The molecule has 1 aromatic heterocycles. The number of aromatic nitrogens is 2. The van der Waals surface area contributed by atoms with Gasteiger partial charge in [-0.15, -0.1) is 0 Å². The summed E-state index contributed by atoms with van der Waals surface area (Å²) in [6.07, 6.45) is 0.572. The van der Waals surface area contributed by atoms with Crippen molar-refractivity contribution in [3.05, 3.63) is 46.1 Å². The van der Waals surface area contributed by atoms with Crippen molar-refractivity contribution in [2.45, 2.75) is 13.3 Å². The summed E-state index contributed by atoms with van der Waals surface area (Å²) >= 11 is 4.93. The first-order valence-corrected chi connectivity index (χ1v) is 5.68. The molecule has 0 aliphatic carbocycles. The average Bonchev–Trinajstić information content (AvgIpc) is 2.35. The molecule has 0 atom stereocenters. The van der Waals surface area contributed by atoms with Crippen molar-refractivity contribution in [1.82, 2.24) is 9.97 Å². The highest BCUT2D eigenvalue weighted by Crippen LogP contribution is 2.24. The van der Waals surface area contributed by atoms with Crippen LogP contribution in [-0.2, 0) is 6.42 Å². The molecule has 1 N–H and O–H groups in total. The number of benzene rings is 1. The molecule has 0 saturated heterocycles. The molecule has 0 saturated carbocycles. The van der Waals surface area contributed by atoms with E-state index >= 15 is 0 Å². The molecule has 0 aliphatic heterocycles. The summed E-state index contributed by atoms with van der Waals surface area (Å²) in [7, 11) is 0. The Bertz CT molecular complexity index is 652. The SMILES string of the molecule is CCc1nc(=S)cc(-c2ccc(F)c(F)c2F)[nH]1. The van der Waals surface area contributed by atoms with E-state index in [1.807, 2.05) is 6.92 Å². The highest BCUT2D eigenvalue weighted by Gasteiger charge is 2.15. The number of nitrogens with zero attached hydrogens (tertiary/aromatic N) is 1. The highest BCUT2D eigenvalue weighted by atomic mass is 32.1. The Hall–Kier alpha value is -1.69. The Balaban J connectivity index is 2.66. The fourth-order valence-electron chi connectivity index (χ4n) is 1.55. The quantitative estimate of drug-likeness (QED) is 0.664. The second-order valence-corrected chi connectivity index (χ2v) is 4.07. The molecule has 0 bridgehead atoms. The van der Waals surface area contributed by atoms with Gasteiger partial charge in [0, 0.05) is 12.0 Å². The van der Waals surface area contributed by atoms with Gasteiger partial charge in [-0.1, -0.05) is 19.1 Å². The van der Waals surface area contributed by atoms with E-state index in [1.165, 1.54) is 6.07 Å². The summed E-state index contributed by atoms with van der Waals surface area (Å²) in [6.45, 7) is 1.85. The van der Waals surface area contributed by atoms with Gasteiger partial charge in [0.2, 0.25) is 0 Å². The van der Waals surface area contributed by atoms with Gasteiger partial charge in [-0.25, -0.2) is 18.2 Å². The number of rotatable bonds is 2. The van der Waals surface area contributed by atoms with Crippen LogP contribution in [0.3, 0.4) is 0 Å². The van der Waals surface area contributed by atoms with Crippen molar-refractivity contribution in [1.29, 1.82) is 0 Å². The molecule has 6 heteroatoms. The van der Waals surface area contributed by atoms with Crippen molar-refractivity contribution in [2.24, 2.45) is 0 Å². The van der Waals surface area contributed by atoms with Crippen molar-refractivity contribution >= 4 is 12.2 Å². The van der Waals surface area contributed by atoms with Crippen LogP contribution in [-0.4, -0.2) is 9.97 Å². The standard InChI is InChI=1S/C12H9F3N2S/c1-2-9-16-8(5-10(18)17-9)6-3-4-7(13)12(15)11(6)14/h3-5H,2H2,1H3,(H,16,17,18). The molecule has 0 fully saturated rings. The first-order chi connectivity index (χ1) is 8.52. The van der Waals surface area contributed by atoms with Gasteiger partial charge in [-0.05, 0) is 18.2 Å². The van der Waals surface area contributed by atoms with Gasteiger partial charge < -0.3 is 4.98 Å². The second-order valence-electron chi connectivity index (χ2n) is 3.66. The van der Waals surface area contributed by atoms with Gasteiger partial charge in [0.1, 0.15) is 10.5 Å². The summed E-state index contributed by atoms with van der Waals surface area (Å²) < 4.78 is 39.9. The van der Waals surface area contributed by atoms with Crippen molar-refractivity contribution < 1.29 is 13.2 Å². The van der Waals surface area contributed by atoms with Gasteiger partial charge in [0.05, 0.1) is 5.69 Å². The van der Waals surface area contributed by atoms with Crippen LogP contribution in [0.1, 0.15) is 12.7 Å². The summed E-state index contributed by atoms with van der Waals surface area (Å²) in [6, 6.07) is 3.44. The lowest BCUT2D eigenvalue weighted by molar-refractivity contribution is 0.449. The molecular weight excluding hydrogens is 261 g/mol. The predicted octanol–water partition coefficient (Wildman–Crippen LogP) is 3.79. The fraction of sp³-hybridized carbons (Fsp3) is 0.167. The monoisotopic (exact) mass is 270 g/mol. The van der Waals surface area contributed by atoms with Gasteiger partial charge in [0.25, 0.3) is 0 Å². The molecule has 0 spiro atoms. The Morgan fingerprint density at radius 3 is 2.61 bits per heavy atom. The normalized spacial score (nSPS) is 10.7. The number of H-pyrrole nitrogens is 1. The van der Waals surface area contributed by atoms with Gasteiger partial charge >= 0.3 is 0 Å². The second kappa shape index (κ2) is 4.89. The van der Waals surface area contributed by atoms with E-state index < -0.39 is 17.5 Å². The predicted molar refractivity (Wildman–Crippen MR) is 64.1 cm³/mol. The summed E-state index contributed by atoms with van der Waals surface area (Å²) in [5.41, 5.74) is 0.209. The van der Waals surface area contributed by atoms with Crippen LogP contribution in [0.5, 0.6) is 0 Å². The van der Waals surface area contributed by atoms with Crippen LogP contribution in [0.4, 0.5) is 13.2 Å². The average molecular weight is 270 g/mol. The van der Waals surface area contributed by atoms with Crippen molar-refractivity contribution in [3.8, 4) is 11.3 Å². The van der Waals surface area contributed by atoms with Crippen LogP contribution in [0.25, 0.3) is 11.3 Å². The smallest absolute Gasteiger partial charge is 0.195 e. The third-order valence-corrected chi connectivity index (χ3v) is 2.66. The third-order valence-electron chi connectivity index (χ3n) is 2.45. The molecule has 0 amide bonds. The van der Waals surface area contributed by atoms with Crippen LogP contribution < -0.4 is 0 Å². The van der Waals surface area contributed by atoms with E-state index in [2.05, 4.69) is 9.97 Å². The molecule has 0 aliphatic rings. The van der Waals surface area contributed by atoms with E-state index in [0.717, 1.165) is 12.1 Å². The lowest BCUT2D eigenvalue weighted by Gasteiger charge is -2.07. The molecule has 94 valence electrons. The largest absolute Gasteiger partial charge is 0.343 e. The lowest BCUT2D eigenvalue weighted by atomic mass is 10.1. The van der Waals surface area contributed by atoms with E-state index in [0.29, 0.717) is 12.2 Å². The van der Waals surface area contributed by atoms with E-state index in [-0.39, 0.29) is 15.9 Å². The van der Waals surface area contributed by atoms with E-state index in [4.69, 9.17) is 12.2 Å². The zero-order valence-electron chi connectivity index (χ0n) is 9.43. The maximum absolute atomic E-state index is 13.6. The van der Waals surface area contributed by atoms with Crippen molar-refractivity contribution in [2.75, 3.05) is 0 Å². The highest BCUT2D eigenvalue weighted by molar-refractivity contribution is 7.71. The van der Waals surface area contributed by atoms with E-state index in [9.17, 15) is 13.2 Å². The topological polar surface area (TPSA) is 28.7 Å². The number of aryl methyl sites for hydroxylation is 1. The number of nitrogens with one attached hydrogen (secondary N) is 1. The number of aromatic amines is 1. The van der Waals surface area contributed by atoms with Gasteiger partial charge in [0.15, 0.2) is 17.5 Å². The fourth-order valence-corrected chi connectivity index (χ4v) is 1.78. The molecule has 2 rings (SSSR count). The maximum Gasteiger partial charge on any atom is 0.195 e. The minimum Gasteiger partial charge on any atom is -0.343 e. The van der Waals surface area contributed by atoms with Crippen LogP contribution >= 0.6 is 12.2 Å². The summed E-state index contributed by atoms with van der Waals surface area (Å²) in [5, 5.41) is 0. The van der Waals surface area contributed by atoms with Crippen LogP contribution in [0.15, 0.2) is 18.2 Å². The third kappa shape index (κ3) is 2.28. The van der Waals surface area contributed by atoms with E-state index in [1.54, 1.807) is 0 Å². The molecule has 2 nitrogen and oxygen atoms in total. The maximum atomic E-state index is 13.6. The molecular formula is C12H9F3N2S. The molecule has 1 heterocycles. The summed E-state index contributed by atoms with van der Waals surface area (Å²) in [4.78, 5) is 6.85. The first kappa shape index (κ1) is 12.8. The minimum atomic E-state index is -1.50. The molecule has 0 radical (unpaired) electrons. The molecule has 18 heavy (non-hydrogen) atoms. The van der Waals surface area contributed by atoms with Crippen molar-refractivity contribution in [3.63, 3.8) is 0 Å². The zero-order chi connectivity index (χ0) is 13.3. The minimum absolute atomic E-state index is 0.0721.